The maximum atomic E-state index is 12.4. The van der Waals surface area contributed by atoms with Gasteiger partial charge < -0.3 is 4.84 Å². The Kier molecular flexibility index (Phi) is 3.46. The zero-order valence-electron chi connectivity index (χ0n) is 14.0. The predicted octanol–water partition coefficient (Wildman–Crippen LogP) is 3.16. The van der Waals surface area contributed by atoms with Crippen molar-refractivity contribution in [3.63, 3.8) is 0 Å². The highest BCUT2D eigenvalue weighted by Crippen LogP contribution is 2.48. The smallest absolute Gasteiger partial charge is 0.329 e. The third-order valence-corrected chi connectivity index (χ3v) is 4.99. The monoisotopic (exact) mass is 335 g/mol. The number of hydroxylamine groups is 2. The van der Waals surface area contributed by atoms with Gasteiger partial charge in [-0.25, -0.2) is 4.79 Å². The summed E-state index contributed by atoms with van der Waals surface area (Å²) in [6.07, 6.45) is 0.671. The molecule has 126 valence electrons. The lowest BCUT2D eigenvalue weighted by Crippen LogP contribution is -2.33. The first-order valence-electron chi connectivity index (χ1n) is 8.24. The summed E-state index contributed by atoms with van der Waals surface area (Å²) in [6.45, 7) is 4.08. The number of amides is 2. The van der Waals surface area contributed by atoms with Gasteiger partial charge in [0.15, 0.2) is 0 Å². The van der Waals surface area contributed by atoms with Gasteiger partial charge in [0.05, 0.1) is 17.0 Å². The fourth-order valence-corrected chi connectivity index (χ4v) is 3.23. The average molecular weight is 335 g/mol. The molecule has 5 nitrogen and oxygen atoms in total. The first kappa shape index (κ1) is 15.6. The number of nitrogens with zero attached hydrogens (tertiary/aromatic N) is 1. The van der Waals surface area contributed by atoms with E-state index in [4.69, 9.17) is 4.84 Å². The van der Waals surface area contributed by atoms with E-state index in [1.807, 2.05) is 26.0 Å². The maximum Gasteiger partial charge on any atom is 0.336 e. The summed E-state index contributed by atoms with van der Waals surface area (Å²) in [6, 6.07) is 12.6. The molecule has 1 aliphatic heterocycles. The van der Waals surface area contributed by atoms with E-state index in [1.165, 1.54) is 11.1 Å². The lowest BCUT2D eigenvalue weighted by Gasteiger charge is -2.12. The van der Waals surface area contributed by atoms with Crippen LogP contribution in [0, 0.1) is 19.8 Å². The molecule has 0 bridgehead atoms. The Bertz CT molecular complexity index is 883. The molecule has 2 aliphatic rings. The van der Waals surface area contributed by atoms with Crippen LogP contribution < -0.4 is 0 Å². The summed E-state index contributed by atoms with van der Waals surface area (Å²) in [4.78, 5) is 42.0. The summed E-state index contributed by atoms with van der Waals surface area (Å²) < 4.78 is 0. The number of benzene rings is 2. The van der Waals surface area contributed by atoms with Gasteiger partial charge in [0.2, 0.25) is 0 Å². The molecule has 0 spiro atoms. The SMILES string of the molecule is Cc1ccc([C@@H]2C[C@H]2C(=O)ON2C(=O)c3ccccc3C2=O)cc1C. The fourth-order valence-electron chi connectivity index (χ4n) is 3.23. The van der Waals surface area contributed by atoms with Crippen LogP contribution in [-0.2, 0) is 9.63 Å². The molecule has 2 amide bonds. The molecule has 1 saturated carbocycles. The van der Waals surface area contributed by atoms with E-state index in [9.17, 15) is 14.4 Å². The molecular weight excluding hydrogens is 318 g/mol. The highest BCUT2D eigenvalue weighted by molar-refractivity contribution is 6.20. The average Bonchev–Trinajstić information content (AvgIpc) is 3.37. The molecule has 0 saturated heterocycles. The minimum atomic E-state index is -0.586. The Morgan fingerprint density at radius 3 is 2.24 bits per heavy atom. The van der Waals surface area contributed by atoms with Crippen LogP contribution in [-0.4, -0.2) is 22.8 Å². The number of aryl methyl sites for hydroxylation is 2. The molecule has 0 unspecified atom stereocenters. The van der Waals surface area contributed by atoms with Crippen LogP contribution in [0.2, 0.25) is 0 Å². The minimum absolute atomic E-state index is 0.0852. The summed E-state index contributed by atoms with van der Waals surface area (Å²) >= 11 is 0. The Labute approximate surface area is 145 Å². The quantitative estimate of drug-likeness (QED) is 0.808. The van der Waals surface area contributed by atoms with Crippen molar-refractivity contribution in [2.75, 3.05) is 0 Å². The number of carbonyl (C=O) groups is 3. The highest BCUT2D eigenvalue weighted by Gasteiger charge is 2.48. The molecule has 0 N–H and O–H groups in total. The lowest BCUT2D eigenvalue weighted by molar-refractivity contribution is -0.170. The number of hydrogen-bond acceptors (Lipinski definition) is 4. The van der Waals surface area contributed by atoms with Crippen molar-refractivity contribution in [2.45, 2.75) is 26.2 Å². The summed E-state index contributed by atoms with van der Waals surface area (Å²) in [7, 11) is 0. The summed E-state index contributed by atoms with van der Waals surface area (Å²) in [5.74, 6) is -1.93. The van der Waals surface area contributed by atoms with E-state index in [2.05, 4.69) is 6.07 Å². The van der Waals surface area contributed by atoms with Gasteiger partial charge in [0.1, 0.15) is 0 Å². The molecule has 5 heteroatoms. The van der Waals surface area contributed by atoms with E-state index in [0.29, 0.717) is 11.5 Å². The lowest BCUT2D eigenvalue weighted by atomic mass is 10.0. The van der Waals surface area contributed by atoms with Crippen LogP contribution in [0.15, 0.2) is 42.5 Å². The number of imide groups is 1. The molecule has 0 radical (unpaired) electrons. The van der Waals surface area contributed by atoms with Crippen LogP contribution >= 0.6 is 0 Å². The van der Waals surface area contributed by atoms with Gasteiger partial charge in [0.25, 0.3) is 11.8 Å². The molecule has 1 heterocycles. The second-order valence-corrected chi connectivity index (χ2v) is 6.65. The zero-order chi connectivity index (χ0) is 17.7. The van der Waals surface area contributed by atoms with Crippen molar-refractivity contribution in [3.05, 3.63) is 70.3 Å². The minimum Gasteiger partial charge on any atom is -0.329 e. The van der Waals surface area contributed by atoms with Gasteiger partial charge in [-0.3, -0.25) is 9.59 Å². The van der Waals surface area contributed by atoms with Crippen molar-refractivity contribution in [2.24, 2.45) is 5.92 Å². The van der Waals surface area contributed by atoms with Gasteiger partial charge >= 0.3 is 5.97 Å². The van der Waals surface area contributed by atoms with E-state index in [0.717, 1.165) is 5.56 Å². The van der Waals surface area contributed by atoms with Gasteiger partial charge in [-0.1, -0.05) is 35.4 Å². The van der Waals surface area contributed by atoms with E-state index in [1.54, 1.807) is 24.3 Å². The standard InChI is InChI=1S/C20H17NO4/c1-11-7-8-13(9-12(11)2)16-10-17(16)20(24)25-21-18(22)14-5-3-4-6-15(14)19(21)23/h3-9,16-17H,10H2,1-2H3/t16-,17+/m0/s1. The third kappa shape index (κ3) is 2.52. The Hall–Kier alpha value is -2.95. The Morgan fingerprint density at radius 2 is 1.64 bits per heavy atom. The largest absolute Gasteiger partial charge is 0.336 e. The molecule has 2 aromatic rings. The second kappa shape index (κ2) is 5.55. The Morgan fingerprint density at radius 1 is 1.00 bits per heavy atom. The first-order valence-corrected chi connectivity index (χ1v) is 8.24. The molecule has 25 heavy (non-hydrogen) atoms. The summed E-state index contributed by atoms with van der Waals surface area (Å²) in [5.41, 5.74) is 4.00. The number of fused-ring (bicyclic) bond motifs is 1. The molecule has 1 aliphatic carbocycles. The van der Waals surface area contributed by atoms with E-state index in [-0.39, 0.29) is 23.0 Å². The van der Waals surface area contributed by atoms with Crippen LogP contribution in [0.1, 0.15) is 49.7 Å². The van der Waals surface area contributed by atoms with E-state index < -0.39 is 17.8 Å². The van der Waals surface area contributed by atoms with Crippen LogP contribution in [0.4, 0.5) is 0 Å². The van der Waals surface area contributed by atoms with Crippen molar-refractivity contribution in [3.8, 4) is 0 Å². The third-order valence-electron chi connectivity index (χ3n) is 4.99. The molecular formula is C20H17NO4. The predicted molar refractivity (Wildman–Crippen MR) is 89.8 cm³/mol. The number of carbonyl (C=O) groups excluding carboxylic acids is 3. The topological polar surface area (TPSA) is 63.7 Å². The summed E-state index contributed by atoms with van der Waals surface area (Å²) in [5, 5.41) is 0.586. The van der Waals surface area contributed by atoms with Gasteiger partial charge in [-0.05, 0) is 55.0 Å². The second-order valence-electron chi connectivity index (χ2n) is 6.65. The first-order chi connectivity index (χ1) is 12.0. The van der Waals surface area contributed by atoms with Gasteiger partial charge in [-0.2, -0.15) is 0 Å². The normalized spacial score (nSPS) is 21.3. The molecule has 4 rings (SSSR count). The number of hydrogen-bond donors (Lipinski definition) is 0. The van der Waals surface area contributed by atoms with E-state index >= 15 is 0 Å². The van der Waals surface area contributed by atoms with Crippen molar-refractivity contribution >= 4 is 17.8 Å². The molecule has 1 fully saturated rings. The van der Waals surface area contributed by atoms with Gasteiger partial charge in [-0.15, -0.1) is 0 Å². The van der Waals surface area contributed by atoms with Gasteiger partial charge in [0, 0.05) is 0 Å². The van der Waals surface area contributed by atoms with Crippen molar-refractivity contribution in [1.82, 2.24) is 5.06 Å². The molecule has 2 aromatic carbocycles. The maximum absolute atomic E-state index is 12.4. The number of rotatable bonds is 3. The van der Waals surface area contributed by atoms with Crippen LogP contribution in [0.3, 0.4) is 0 Å². The molecule has 0 aromatic heterocycles. The Balaban J connectivity index is 1.46. The fraction of sp³-hybridized carbons (Fsp3) is 0.250. The van der Waals surface area contributed by atoms with Crippen molar-refractivity contribution < 1.29 is 19.2 Å². The highest BCUT2D eigenvalue weighted by atomic mass is 16.7. The zero-order valence-corrected chi connectivity index (χ0v) is 14.0. The van der Waals surface area contributed by atoms with Crippen LogP contribution in [0.25, 0.3) is 0 Å². The van der Waals surface area contributed by atoms with Crippen LogP contribution in [0.5, 0.6) is 0 Å². The molecule has 2 atom stereocenters. The van der Waals surface area contributed by atoms with Crippen molar-refractivity contribution in [1.29, 1.82) is 0 Å².